The van der Waals surface area contributed by atoms with E-state index in [1.807, 2.05) is 6.92 Å². The summed E-state index contributed by atoms with van der Waals surface area (Å²) in [5.41, 5.74) is 0.686. The average Bonchev–Trinajstić information content (AvgIpc) is 3.04. The molecule has 0 atom stereocenters. The SMILES string of the molecule is CCc1nnsc1C(=O)NCC(=O)N1CCCC1. The van der Waals surface area contributed by atoms with Crippen LogP contribution in [0.1, 0.15) is 35.1 Å². The Hall–Kier alpha value is -1.50. The maximum absolute atomic E-state index is 11.9. The molecule has 1 fully saturated rings. The molecule has 7 heteroatoms. The predicted molar refractivity (Wildman–Crippen MR) is 67.4 cm³/mol. The molecule has 98 valence electrons. The standard InChI is InChI=1S/C11H16N4O2S/c1-2-8-10(18-14-13-8)11(17)12-7-9(16)15-5-3-4-6-15/h2-7H2,1H3,(H,12,17). The average molecular weight is 268 g/mol. The van der Waals surface area contributed by atoms with Crippen LogP contribution in [0.2, 0.25) is 0 Å². The van der Waals surface area contributed by atoms with Gasteiger partial charge in [-0.05, 0) is 30.8 Å². The number of aryl methyl sites for hydroxylation is 1. The lowest BCUT2D eigenvalue weighted by atomic mass is 10.3. The maximum Gasteiger partial charge on any atom is 0.265 e. The van der Waals surface area contributed by atoms with Crippen LogP contribution >= 0.6 is 11.5 Å². The monoisotopic (exact) mass is 268 g/mol. The lowest BCUT2D eigenvalue weighted by Gasteiger charge is -2.15. The second-order valence-corrected chi connectivity index (χ2v) is 4.93. The molecule has 2 heterocycles. The van der Waals surface area contributed by atoms with Gasteiger partial charge < -0.3 is 10.2 Å². The van der Waals surface area contributed by atoms with Crippen molar-refractivity contribution in [2.45, 2.75) is 26.2 Å². The lowest BCUT2D eigenvalue weighted by molar-refractivity contribution is -0.129. The molecule has 6 nitrogen and oxygen atoms in total. The van der Waals surface area contributed by atoms with E-state index in [4.69, 9.17) is 0 Å². The fraction of sp³-hybridized carbons (Fsp3) is 0.636. The van der Waals surface area contributed by atoms with Crippen LogP contribution in [0.4, 0.5) is 0 Å². The van der Waals surface area contributed by atoms with E-state index >= 15 is 0 Å². The highest BCUT2D eigenvalue weighted by molar-refractivity contribution is 7.08. The Labute approximate surface area is 110 Å². The summed E-state index contributed by atoms with van der Waals surface area (Å²) >= 11 is 1.07. The summed E-state index contributed by atoms with van der Waals surface area (Å²) in [7, 11) is 0. The molecule has 0 aliphatic carbocycles. The molecule has 1 saturated heterocycles. The topological polar surface area (TPSA) is 75.2 Å². The van der Waals surface area contributed by atoms with Crippen LogP contribution in [0, 0.1) is 0 Å². The Bertz CT molecular complexity index is 440. The van der Waals surface area contributed by atoms with Crippen LogP contribution in [0.5, 0.6) is 0 Å². The van der Waals surface area contributed by atoms with Gasteiger partial charge in [0.15, 0.2) is 0 Å². The fourth-order valence-corrected chi connectivity index (χ4v) is 2.59. The van der Waals surface area contributed by atoms with Gasteiger partial charge in [-0.25, -0.2) is 0 Å². The summed E-state index contributed by atoms with van der Waals surface area (Å²) in [6.45, 7) is 3.58. The molecule has 0 bridgehead atoms. The number of likely N-dealkylation sites (tertiary alicyclic amines) is 1. The summed E-state index contributed by atoms with van der Waals surface area (Å²) in [4.78, 5) is 25.9. The van der Waals surface area contributed by atoms with Crippen LogP contribution in [-0.4, -0.2) is 45.9 Å². The summed E-state index contributed by atoms with van der Waals surface area (Å²) in [6.07, 6.45) is 2.77. The van der Waals surface area contributed by atoms with Gasteiger partial charge >= 0.3 is 0 Å². The molecule has 0 radical (unpaired) electrons. The minimum Gasteiger partial charge on any atom is -0.342 e. The van der Waals surface area contributed by atoms with Crippen LogP contribution in [0.3, 0.4) is 0 Å². The van der Waals surface area contributed by atoms with Gasteiger partial charge in [-0.1, -0.05) is 11.4 Å². The van der Waals surface area contributed by atoms with Crippen molar-refractivity contribution in [3.05, 3.63) is 10.6 Å². The molecular weight excluding hydrogens is 252 g/mol. The molecule has 0 aromatic carbocycles. The fourth-order valence-electron chi connectivity index (χ4n) is 1.93. The lowest BCUT2D eigenvalue weighted by Crippen LogP contribution is -2.38. The van der Waals surface area contributed by atoms with Gasteiger partial charge in [0.05, 0.1) is 12.2 Å². The van der Waals surface area contributed by atoms with Crippen molar-refractivity contribution in [1.29, 1.82) is 0 Å². The zero-order chi connectivity index (χ0) is 13.0. The molecule has 0 spiro atoms. The molecular formula is C11H16N4O2S. The highest BCUT2D eigenvalue weighted by Crippen LogP contribution is 2.11. The van der Waals surface area contributed by atoms with Crippen molar-refractivity contribution in [3.63, 3.8) is 0 Å². The zero-order valence-corrected chi connectivity index (χ0v) is 11.1. The molecule has 1 N–H and O–H groups in total. The minimum atomic E-state index is -0.255. The van der Waals surface area contributed by atoms with Gasteiger partial charge in [0.25, 0.3) is 5.91 Å². The maximum atomic E-state index is 11.9. The van der Waals surface area contributed by atoms with E-state index in [0.29, 0.717) is 17.0 Å². The van der Waals surface area contributed by atoms with E-state index in [1.165, 1.54) is 0 Å². The number of nitrogens with zero attached hydrogens (tertiary/aromatic N) is 3. The van der Waals surface area contributed by atoms with E-state index in [9.17, 15) is 9.59 Å². The van der Waals surface area contributed by atoms with Crippen molar-refractivity contribution in [1.82, 2.24) is 19.8 Å². The van der Waals surface area contributed by atoms with E-state index in [0.717, 1.165) is 37.5 Å². The quantitative estimate of drug-likeness (QED) is 0.860. The first-order valence-corrected chi connectivity index (χ1v) is 6.87. The highest BCUT2D eigenvalue weighted by Gasteiger charge is 2.20. The first kappa shape index (κ1) is 12.9. The Morgan fingerprint density at radius 3 is 2.78 bits per heavy atom. The second kappa shape index (κ2) is 5.90. The van der Waals surface area contributed by atoms with Crippen LogP contribution in [-0.2, 0) is 11.2 Å². The number of rotatable bonds is 4. The molecule has 0 saturated carbocycles. The van der Waals surface area contributed by atoms with Crippen LogP contribution < -0.4 is 5.32 Å². The second-order valence-electron chi connectivity index (χ2n) is 4.17. The van der Waals surface area contributed by atoms with Gasteiger partial charge in [-0.15, -0.1) is 5.10 Å². The molecule has 1 aliphatic rings. The number of hydrogen-bond donors (Lipinski definition) is 1. The van der Waals surface area contributed by atoms with E-state index in [2.05, 4.69) is 14.9 Å². The van der Waals surface area contributed by atoms with Crippen LogP contribution in [0.15, 0.2) is 0 Å². The van der Waals surface area contributed by atoms with Crippen molar-refractivity contribution in [2.24, 2.45) is 0 Å². The van der Waals surface area contributed by atoms with Crippen molar-refractivity contribution in [3.8, 4) is 0 Å². The molecule has 0 unspecified atom stereocenters. The summed E-state index contributed by atoms with van der Waals surface area (Å²) in [5, 5.41) is 6.51. The molecule has 2 amide bonds. The zero-order valence-electron chi connectivity index (χ0n) is 10.3. The molecule has 1 aliphatic heterocycles. The molecule has 18 heavy (non-hydrogen) atoms. The molecule has 2 rings (SSSR count). The Morgan fingerprint density at radius 1 is 1.39 bits per heavy atom. The number of carbonyl (C=O) groups excluding carboxylic acids is 2. The van der Waals surface area contributed by atoms with Crippen molar-refractivity contribution < 1.29 is 9.59 Å². The Kier molecular flexibility index (Phi) is 4.24. The van der Waals surface area contributed by atoms with E-state index in [1.54, 1.807) is 4.90 Å². The summed E-state index contributed by atoms with van der Waals surface area (Å²) in [5.74, 6) is -0.272. The van der Waals surface area contributed by atoms with Gasteiger partial charge in [-0.3, -0.25) is 9.59 Å². The van der Waals surface area contributed by atoms with E-state index in [-0.39, 0.29) is 18.4 Å². The van der Waals surface area contributed by atoms with Crippen molar-refractivity contribution >= 4 is 23.3 Å². The first-order chi connectivity index (χ1) is 8.72. The normalized spacial score (nSPS) is 14.8. The number of aromatic nitrogens is 2. The largest absolute Gasteiger partial charge is 0.342 e. The summed E-state index contributed by atoms with van der Waals surface area (Å²) < 4.78 is 3.75. The third-order valence-corrected chi connectivity index (χ3v) is 3.72. The van der Waals surface area contributed by atoms with E-state index < -0.39 is 0 Å². The van der Waals surface area contributed by atoms with Gasteiger partial charge in [0.2, 0.25) is 5.91 Å². The Balaban J connectivity index is 1.86. The number of carbonyl (C=O) groups is 2. The third-order valence-electron chi connectivity index (χ3n) is 2.96. The number of hydrogen-bond acceptors (Lipinski definition) is 5. The third kappa shape index (κ3) is 2.84. The highest BCUT2D eigenvalue weighted by atomic mass is 32.1. The number of amides is 2. The molecule has 1 aromatic heterocycles. The Morgan fingerprint density at radius 2 is 2.11 bits per heavy atom. The van der Waals surface area contributed by atoms with Gasteiger partial charge in [0.1, 0.15) is 4.88 Å². The first-order valence-electron chi connectivity index (χ1n) is 6.09. The smallest absolute Gasteiger partial charge is 0.265 e. The van der Waals surface area contributed by atoms with Gasteiger partial charge in [-0.2, -0.15) is 0 Å². The predicted octanol–water partition coefficient (Wildman–Crippen LogP) is 0.453. The van der Waals surface area contributed by atoms with Gasteiger partial charge in [0, 0.05) is 13.1 Å². The summed E-state index contributed by atoms with van der Waals surface area (Å²) in [6, 6.07) is 0. The molecule has 1 aromatic rings. The van der Waals surface area contributed by atoms with Crippen molar-refractivity contribution in [2.75, 3.05) is 19.6 Å². The number of nitrogens with one attached hydrogen (secondary N) is 1. The minimum absolute atomic E-state index is 0.0172. The van der Waals surface area contributed by atoms with Crippen LogP contribution in [0.25, 0.3) is 0 Å².